The van der Waals surface area contributed by atoms with Gasteiger partial charge in [-0.15, -0.1) is 0 Å². The summed E-state index contributed by atoms with van der Waals surface area (Å²) in [4.78, 5) is 17.8. The molecule has 30 heavy (non-hydrogen) atoms. The zero-order valence-corrected chi connectivity index (χ0v) is 17.3. The SMILES string of the molecule is Cc1nc2ccccc2c(=O)n1-c1ccc2coc(CC3CCCC(CN)C3)c2c1. The molecule has 2 heterocycles. The Bertz CT molecular complexity index is 1270. The van der Waals surface area contributed by atoms with Crippen molar-refractivity contribution in [2.45, 2.75) is 39.0 Å². The summed E-state index contributed by atoms with van der Waals surface area (Å²) < 4.78 is 7.67. The van der Waals surface area contributed by atoms with Crippen LogP contribution in [0.1, 0.15) is 37.3 Å². The summed E-state index contributed by atoms with van der Waals surface area (Å²) in [6.07, 6.45) is 7.64. The lowest BCUT2D eigenvalue weighted by Gasteiger charge is -2.27. The van der Waals surface area contributed by atoms with E-state index in [1.807, 2.05) is 49.6 Å². The number of aromatic nitrogens is 2. The zero-order chi connectivity index (χ0) is 20.7. The second-order valence-corrected chi connectivity index (χ2v) is 8.59. The number of benzene rings is 2. The quantitative estimate of drug-likeness (QED) is 0.536. The fraction of sp³-hybridized carbons (Fsp3) is 0.360. The molecular weight excluding hydrogens is 374 g/mol. The molecule has 0 spiro atoms. The minimum Gasteiger partial charge on any atom is -0.468 e. The van der Waals surface area contributed by atoms with Gasteiger partial charge >= 0.3 is 0 Å². The lowest BCUT2D eigenvalue weighted by Crippen LogP contribution is -2.23. The highest BCUT2D eigenvalue weighted by Gasteiger charge is 2.23. The molecule has 0 aliphatic heterocycles. The molecule has 4 aromatic rings. The smallest absolute Gasteiger partial charge is 0.265 e. The Kier molecular flexibility index (Phi) is 4.91. The van der Waals surface area contributed by atoms with Crippen LogP contribution in [-0.2, 0) is 6.42 Å². The van der Waals surface area contributed by atoms with E-state index in [2.05, 4.69) is 11.1 Å². The van der Waals surface area contributed by atoms with E-state index in [0.717, 1.165) is 40.7 Å². The van der Waals surface area contributed by atoms with Crippen LogP contribution in [0.4, 0.5) is 0 Å². The van der Waals surface area contributed by atoms with Gasteiger partial charge in [0.1, 0.15) is 11.6 Å². The first-order valence-corrected chi connectivity index (χ1v) is 10.8. The number of nitrogens with two attached hydrogens (primary N) is 1. The molecule has 1 fully saturated rings. The maximum atomic E-state index is 13.2. The van der Waals surface area contributed by atoms with Crippen LogP contribution in [0.15, 0.2) is 57.9 Å². The number of fused-ring (bicyclic) bond motifs is 2. The maximum absolute atomic E-state index is 13.2. The molecule has 5 rings (SSSR count). The van der Waals surface area contributed by atoms with Crippen LogP contribution in [0.5, 0.6) is 0 Å². The maximum Gasteiger partial charge on any atom is 0.265 e. The van der Waals surface area contributed by atoms with Crippen molar-refractivity contribution >= 4 is 21.7 Å². The highest BCUT2D eigenvalue weighted by atomic mass is 16.3. The number of aryl methyl sites for hydroxylation is 1. The average molecular weight is 402 g/mol. The second-order valence-electron chi connectivity index (χ2n) is 8.59. The minimum absolute atomic E-state index is 0.0411. The normalized spacial score (nSPS) is 19.5. The Hall–Kier alpha value is -2.92. The Morgan fingerprint density at radius 1 is 1.13 bits per heavy atom. The van der Waals surface area contributed by atoms with Crippen molar-refractivity contribution in [3.8, 4) is 5.69 Å². The molecule has 0 saturated heterocycles. The second kappa shape index (κ2) is 7.73. The van der Waals surface area contributed by atoms with Gasteiger partial charge in [0.2, 0.25) is 0 Å². The van der Waals surface area contributed by atoms with Crippen LogP contribution in [0.3, 0.4) is 0 Å². The molecule has 5 heteroatoms. The van der Waals surface area contributed by atoms with Crippen molar-refractivity contribution < 1.29 is 4.42 Å². The largest absolute Gasteiger partial charge is 0.468 e. The van der Waals surface area contributed by atoms with E-state index >= 15 is 0 Å². The summed E-state index contributed by atoms with van der Waals surface area (Å²) in [6.45, 7) is 2.65. The zero-order valence-electron chi connectivity index (χ0n) is 17.3. The number of rotatable bonds is 4. The fourth-order valence-corrected chi connectivity index (χ4v) is 5.00. The summed E-state index contributed by atoms with van der Waals surface area (Å²) in [5, 5.41) is 2.78. The lowest BCUT2D eigenvalue weighted by atomic mass is 9.79. The molecule has 2 unspecified atom stereocenters. The summed E-state index contributed by atoms with van der Waals surface area (Å²) in [5.74, 6) is 2.93. The standard InChI is InChI=1S/C25H27N3O2/c1-16-27-23-8-3-2-7-21(23)25(29)28(16)20-10-9-19-15-30-24(22(19)13-20)12-17-5-4-6-18(11-17)14-26/h2-3,7-10,13,15,17-18H,4-6,11-12,14,26H2,1H3. The van der Waals surface area contributed by atoms with Crippen LogP contribution in [0.25, 0.3) is 27.4 Å². The van der Waals surface area contributed by atoms with E-state index in [0.29, 0.717) is 23.0 Å². The Labute approximate surface area is 175 Å². The highest BCUT2D eigenvalue weighted by molar-refractivity contribution is 5.86. The van der Waals surface area contributed by atoms with Crippen LogP contribution < -0.4 is 11.3 Å². The van der Waals surface area contributed by atoms with Crippen molar-refractivity contribution in [2.75, 3.05) is 6.54 Å². The molecule has 2 N–H and O–H groups in total. The van der Waals surface area contributed by atoms with Gasteiger partial charge in [-0.2, -0.15) is 0 Å². The molecule has 1 saturated carbocycles. The average Bonchev–Trinajstić information content (AvgIpc) is 3.16. The molecule has 2 aromatic carbocycles. The Morgan fingerprint density at radius 2 is 1.97 bits per heavy atom. The molecule has 5 nitrogen and oxygen atoms in total. The summed E-state index contributed by atoms with van der Waals surface area (Å²) in [5.41, 5.74) is 7.44. The van der Waals surface area contributed by atoms with Gasteiger partial charge in [0.15, 0.2) is 0 Å². The van der Waals surface area contributed by atoms with Gasteiger partial charge in [0.25, 0.3) is 5.56 Å². The highest BCUT2D eigenvalue weighted by Crippen LogP contribution is 2.33. The van der Waals surface area contributed by atoms with Crippen molar-refractivity contribution in [1.82, 2.24) is 9.55 Å². The monoisotopic (exact) mass is 401 g/mol. The number of hydrogen-bond acceptors (Lipinski definition) is 4. The molecule has 154 valence electrons. The van der Waals surface area contributed by atoms with Crippen LogP contribution in [-0.4, -0.2) is 16.1 Å². The number of nitrogens with zero attached hydrogens (tertiary/aromatic N) is 2. The van der Waals surface area contributed by atoms with Crippen molar-refractivity contribution in [1.29, 1.82) is 0 Å². The number of para-hydroxylation sites is 1. The van der Waals surface area contributed by atoms with E-state index in [1.165, 1.54) is 25.7 Å². The van der Waals surface area contributed by atoms with E-state index in [4.69, 9.17) is 10.2 Å². The summed E-state index contributed by atoms with van der Waals surface area (Å²) >= 11 is 0. The van der Waals surface area contributed by atoms with Crippen molar-refractivity contribution in [3.63, 3.8) is 0 Å². The molecular formula is C25H27N3O2. The molecule has 2 atom stereocenters. The van der Waals surface area contributed by atoms with Crippen LogP contribution in [0, 0.1) is 18.8 Å². The number of hydrogen-bond donors (Lipinski definition) is 1. The summed E-state index contributed by atoms with van der Waals surface area (Å²) in [6, 6.07) is 13.6. The first-order valence-electron chi connectivity index (χ1n) is 10.8. The summed E-state index contributed by atoms with van der Waals surface area (Å²) in [7, 11) is 0. The van der Waals surface area contributed by atoms with Gasteiger partial charge in [0, 0.05) is 17.2 Å². The Balaban J connectivity index is 1.55. The molecule has 2 aromatic heterocycles. The van der Waals surface area contributed by atoms with E-state index in [-0.39, 0.29) is 5.56 Å². The van der Waals surface area contributed by atoms with Gasteiger partial charge in [-0.1, -0.05) is 18.6 Å². The first-order chi connectivity index (χ1) is 14.6. The van der Waals surface area contributed by atoms with Crippen molar-refractivity contribution in [3.05, 3.63) is 70.7 Å². The van der Waals surface area contributed by atoms with Gasteiger partial charge < -0.3 is 10.2 Å². The lowest BCUT2D eigenvalue weighted by molar-refractivity contribution is 0.261. The van der Waals surface area contributed by atoms with E-state index in [9.17, 15) is 4.79 Å². The predicted octanol–water partition coefficient (Wildman–Crippen LogP) is 4.75. The third-order valence-corrected chi connectivity index (χ3v) is 6.57. The van der Waals surface area contributed by atoms with Crippen molar-refractivity contribution in [2.24, 2.45) is 17.6 Å². The predicted molar refractivity (Wildman–Crippen MR) is 120 cm³/mol. The van der Waals surface area contributed by atoms with E-state index < -0.39 is 0 Å². The Morgan fingerprint density at radius 3 is 2.83 bits per heavy atom. The third-order valence-electron chi connectivity index (χ3n) is 6.57. The molecule has 0 radical (unpaired) electrons. The molecule has 0 amide bonds. The fourth-order valence-electron chi connectivity index (χ4n) is 5.00. The van der Waals surface area contributed by atoms with Gasteiger partial charge in [-0.3, -0.25) is 9.36 Å². The van der Waals surface area contributed by atoms with E-state index in [1.54, 1.807) is 4.57 Å². The van der Waals surface area contributed by atoms with Gasteiger partial charge in [-0.25, -0.2) is 4.98 Å². The first kappa shape index (κ1) is 19.1. The molecule has 1 aliphatic rings. The topological polar surface area (TPSA) is 74.0 Å². The molecule has 1 aliphatic carbocycles. The third kappa shape index (κ3) is 3.33. The van der Waals surface area contributed by atoms with Gasteiger partial charge in [-0.05, 0) is 74.9 Å². The minimum atomic E-state index is -0.0411. The number of furan rings is 1. The van der Waals surface area contributed by atoms with Gasteiger partial charge in [0.05, 0.1) is 22.9 Å². The van der Waals surface area contributed by atoms with Crippen LogP contribution in [0.2, 0.25) is 0 Å². The molecule has 0 bridgehead atoms. The van der Waals surface area contributed by atoms with Crippen LogP contribution >= 0.6 is 0 Å².